The molecule has 1 aliphatic rings. The predicted molar refractivity (Wildman–Crippen MR) is 130 cm³/mol. The van der Waals surface area contributed by atoms with E-state index < -0.39 is 15.7 Å². The van der Waals surface area contributed by atoms with Crippen LogP contribution in [0.15, 0.2) is 57.7 Å². The Morgan fingerprint density at radius 3 is 2.35 bits per heavy atom. The molecule has 34 heavy (non-hydrogen) atoms. The molecule has 2 heterocycles. The summed E-state index contributed by atoms with van der Waals surface area (Å²) >= 11 is 0. The van der Waals surface area contributed by atoms with Gasteiger partial charge < -0.3 is 23.0 Å². The molecule has 0 radical (unpaired) electrons. The second-order valence-corrected chi connectivity index (χ2v) is 9.68. The van der Waals surface area contributed by atoms with Gasteiger partial charge in [0, 0.05) is 44.5 Å². The van der Waals surface area contributed by atoms with Crippen LogP contribution in [0.2, 0.25) is 0 Å². The van der Waals surface area contributed by atoms with E-state index in [0.29, 0.717) is 17.7 Å². The molecule has 1 aliphatic heterocycles. The molecule has 4 rings (SSSR count). The van der Waals surface area contributed by atoms with Crippen LogP contribution in [0.25, 0.3) is 11.0 Å². The maximum Gasteiger partial charge on any atom is 0.340 e. The van der Waals surface area contributed by atoms with Crippen LogP contribution in [0, 0.1) is 0 Å². The maximum atomic E-state index is 11.8. The minimum atomic E-state index is -3.77. The van der Waals surface area contributed by atoms with Gasteiger partial charge in [-0.15, -0.1) is 0 Å². The highest BCUT2D eigenvalue weighted by Gasteiger charge is 2.17. The van der Waals surface area contributed by atoms with E-state index in [0.717, 1.165) is 57.2 Å². The van der Waals surface area contributed by atoms with Crippen molar-refractivity contribution in [1.82, 2.24) is 4.90 Å². The summed E-state index contributed by atoms with van der Waals surface area (Å²) in [5.41, 5.74) is 0.715. The average Bonchev–Trinajstić information content (AvgIpc) is 2.81. The van der Waals surface area contributed by atoms with Gasteiger partial charge in [0.25, 0.3) is 0 Å². The van der Waals surface area contributed by atoms with Gasteiger partial charge in [-0.1, -0.05) is 0 Å². The molecule has 2 aromatic carbocycles. The van der Waals surface area contributed by atoms with Crippen molar-refractivity contribution in [1.29, 1.82) is 0 Å². The lowest BCUT2D eigenvalue weighted by Crippen LogP contribution is -2.46. The van der Waals surface area contributed by atoms with Crippen LogP contribution >= 0.6 is 0 Å². The molecule has 0 saturated carbocycles. The lowest BCUT2D eigenvalue weighted by Gasteiger charge is -2.36. The lowest BCUT2D eigenvalue weighted by atomic mass is 10.2. The van der Waals surface area contributed by atoms with Gasteiger partial charge in [-0.25, -0.2) is 4.79 Å². The smallest absolute Gasteiger partial charge is 0.340 e. The van der Waals surface area contributed by atoms with Crippen molar-refractivity contribution in [2.45, 2.75) is 6.42 Å². The number of benzene rings is 2. The average molecular weight is 489 g/mol. The molecule has 0 N–H and O–H groups in total. The van der Waals surface area contributed by atoms with Gasteiger partial charge in [0.2, 0.25) is 0 Å². The topological polar surface area (TPSA) is 98.5 Å². The fourth-order valence-electron chi connectivity index (χ4n) is 3.94. The first-order valence-electron chi connectivity index (χ1n) is 11.0. The number of ether oxygens (including phenoxy) is 2. The minimum absolute atomic E-state index is 0.0610. The van der Waals surface area contributed by atoms with Gasteiger partial charge in [-0.2, -0.15) is 8.42 Å². The zero-order valence-corrected chi connectivity index (χ0v) is 20.0. The number of hydrogen-bond acceptors (Lipinski definition) is 9. The summed E-state index contributed by atoms with van der Waals surface area (Å²) in [7, 11) is -2.10. The van der Waals surface area contributed by atoms with Gasteiger partial charge in [-0.3, -0.25) is 4.90 Å². The fraction of sp³-hybridized carbons (Fsp3) is 0.375. The van der Waals surface area contributed by atoms with Gasteiger partial charge in [0.15, 0.2) is 5.75 Å². The second kappa shape index (κ2) is 10.4. The number of hydrogen-bond donors (Lipinski definition) is 0. The third-order valence-electron chi connectivity index (χ3n) is 5.62. The van der Waals surface area contributed by atoms with E-state index in [4.69, 9.17) is 18.1 Å². The Bertz CT molecular complexity index is 1280. The van der Waals surface area contributed by atoms with E-state index in [2.05, 4.69) is 21.9 Å². The molecule has 0 unspecified atom stereocenters. The molecule has 9 nitrogen and oxygen atoms in total. The van der Waals surface area contributed by atoms with Crippen LogP contribution in [0.5, 0.6) is 17.2 Å². The van der Waals surface area contributed by atoms with Gasteiger partial charge >= 0.3 is 15.7 Å². The number of piperazine rings is 1. The van der Waals surface area contributed by atoms with Crippen molar-refractivity contribution in [3.8, 4) is 17.2 Å². The molecular weight excluding hydrogens is 460 g/mol. The summed E-state index contributed by atoms with van der Waals surface area (Å²) in [6.07, 6.45) is 1.77. The summed E-state index contributed by atoms with van der Waals surface area (Å²) in [5, 5.41) is 0.382. The number of nitrogens with zero attached hydrogens (tertiary/aromatic N) is 2. The zero-order chi connectivity index (χ0) is 24.1. The van der Waals surface area contributed by atoms with E-state index in [-0.39, 0.29) is 11.3 Å². The van der Waals surface area contributed by atoms with E-state index in [9.17, 15) is 13.2 Å². The van der Waals surface area contributed by atoms with Gasteiger partial charge in [0.05, 0.1) is 31.4 Å². The van der Waals surface area contributed by atoms with Crippen LogP contribution < -0.4 is 24.2 Å². The molecule has 0 bridgehead atoms. The highest BCUT2D eigenvalue weighted by Crippen LogP contribution is 2.28. The van der Waals surface area contributed by atoms with Gasteiger partial charge in [0.1, 0.15) is 17.1 Å². The summed E-state index contributed by atoms with van der Waals surface area (Å²) in [5.74, 6) is 1.34. The Morgan fingerprint density at radius 1 is 0.971 bits per heavy atom. The highest BCUT2D eigenvalue weighted by molar-refractivity contribution is 7.86. The quantitative estimate of drug-likeness (QED) is 0.256. The number of rotatable bonds is 9. The van der Waals surface area contributed by atoms with E-state index in [1.807, 2.05) is 12.1 Å². The number of methoxy groups -OCH3 is 1. The molecule has 3 aromatic rings. The molecule has 1 fully saturated rings. The maximum absolute atomic E-state index is 11.8. The number of fused-ring (bicyclic) bond motifs is 1. The number of anilines is 1. The Labute approximate surface area is 198 Å². The molecular formula is C24H28N2O7S. The first-order chi connectivity index (χ1) is 16.3. The SMILES string of the molecule is COc1ccc(N2CCN(CCCOc3ccc4c(OS(C)(=O)=O)cc(=O)oc4c3)CC2)cc1. The molecule has 182 valence electrons. The second-order valence-electron chi connectivity index (χ2n) is 8.10. The van der Waals surface area contributed by atoms with Crippen molar-refractivity contribution >= 4 is 26.8 Å². The Morgan fingerprint density at radius 2 is 1.68 bits per heavy atom. The van der Waals surface area contributed by atoms with Crippen LogP contribution in [-0.2, 0) is 10.1 Å². The van der Waals surface area contributed by atoms with Crippen LogP contribution in [-0.4, -0.2) is 66.0 Å². The van der Waals surface area contributed by atoms with Crippen molar-refractivity contribution in [3.05, 3.63) is 59.0 Å². The van der Waals surface area contributed by atoms with Crippen molar-refractivity contribution < 1.29 is 26.5 Å². The monoisotopic (exact) mass is 488 g/mol. The summed E-state index contributed by atoms with van der Waals surface area (Å²) in [6, 6.07) is 14.0. The van der Waals surface area contributed by atoms with E-state index >= 15 is 0 Å². The standard InChI is InChI=1S/C24H28N2O7S/c1-30-19-6-4-18(5-7-19)26-13-11-25(12-14-26)10-3-15-31-20-8-9-21-22(16-20)32-24(27)17-23(21)33-34(2,28)29/h4-9,16-17H,3,10-15H2,1-2H3. The summed E-state index contributed by atoms with van der Waals surface area (Å²) in [4.78, 5) is 16.6. The van der Waals surface area contributed by atoms with Crippen molar-refractivity contribution in [2.24, 2.45) is 0 Å². The van der Waals surface area contributed by atoms with Crippen molar-refractivity contribution in [3.63, 3.8) is 0 Å². The Balaban J connectivity index is 1.26. The van der Waals surface area contributed by atoms with Crippen LogP contribution in [0.3, 0.4) is 0 Å². The predicted octanol–water partition coefficient (Wildman–Crippen LogP) is 2.73. The minimum Gasteiger partial charge on any atom is -0.497 e. The van der Waals surface area contributed by atoms with Crippen LogP contribution in [0.4, 0.5) is 5.69 Å². The molecule has 1 aromatic heterocycles. The highest BCUT2D eigenvalue weighted by atomic mass is 32.2. The molecule has 1 saturated heterocycles. The molecule has 0 spiro atoms. The normalized spacial score (nSPS) is 14.8. The largest absolute Gasteiger partial charge is 0.497 e. The molecule has 0 atom stereocenters. The van der Waals surface area contributed by atoms with Gasteiger partial charge in [-0.05, 0) is 42.8 Å². The van der Waals surface area contributed by atoms with Crippen LogP contribution in [0.1, 0.15) is 6.42 Å². The Hall–Kier alpha value is -3.24. The first kappa shape index (κ1) is 23.9. The van der Waals surface area contributed by atoms with E-state index in [1.165, 1.54) is 5.69 Å². The summed E-state index contributed by atoms with van der Waals surface area (Å²) in [6.45, 7) is 5.33. The first-order valence-corrected chi connectivity index (χ1v) is 12.8. The fourth-order valence-corrected chi connectivity index (χ4v) is 4.40. The third kappa shape index (κ3) is 6.21. The van der Waals surface area contributed by atoms with Crippen molar-refractivity contribution in [2.75, 3.05) is 57.6 Å². The molecule has 0 amide bonds. The molecule has 0 aliphatic carbocycles. The molecule has 10 heteroatoms. The lowest BCUT2D eigenvalue weighted by molar-refractivity contribution is 0.225. The third-order valence-corrected chi connectivity index (χ3v) is 6.10. The zero-order valence-electron chi connectivity index (χ0n) is 19.2. The van der Waals surface area contributed by atoms with E-state index in [1.54, 1.807) is 25.3 Å². The summed E-state index contributed by atoms with van der Waals surface area (Å²) < 4.78 is 44.0. The Kier molecular flexibility index (Phi) is 7.28.